The van der Waals surface area contributed by atoms with E-state index in [2.05, 4.69) is 54.9 Å². The third kappa shape index (κ3) is 5.77. The van der Waals surface area contributed by atoms with Crippen LogP contribution in [-0.2, 0) is 0 Å². The molecule has 44 heavy (non-hydrogen) atoms. The number of fused-ring (bicyclic) bond motifs is 1. The highest BCUT2D eigenvalue weighted by atomic mass is 32.1. The first kappa shape index (κ1) is 27.8. The molecule has 6 aromatic rings. The van der Waals surface area contributed by atoms with Crippen molar-refractivity contribution in [3.8, 4) is 22.6 Å². The lowest BCUT2D eigenvalue weighted by Gasteiger charge is -2.35. The minimum atomic E-state index is -0.160. The van der Waals surface area contributed by atoms with Crippen molar-refractivity contribution in [2.24, 2.45) is 0 Å². The molecule has 1 amide bonds. The van der Waals surface area contributed by atoms with Crippen molar-refractivity contribution >= 4 is 45.2 Å². The zero-order valence-corrected chi connectivity index (χ0v) is 25.2. The van der Waals surface area contributed by atoms with Gasteiger partial charge in [-0.15, -0.1) is 11.3 Å². The van der Waals surface area contributed by atoms with E-state index in [9.17, 15) is 4.79 Å². The van der Waals surface area contributed by atoms with Crippen molar-refractivity contribution in [3.05, 3.63) is 108 Å². The standard InChI is InChI=1S/C34H32N8OS/c1-2-40-16-18-41(19-17-40)28-13-7-12-27(23-28)37-33-35-15-14-29(38-33)31-30(39-34-42(31)20-21-44-34)25-10-6-11-26(22-25)36-32(43)24-8-4-3-5-9-24/h3-15,20-23H,2,16-19H2,1H3,(H,36,43)(H,35,37,38). The zero-order chi connectivity index (χ0) is 29.9. The molecule has 0 saturated carbocycles. The number of hydrogen-bond donors (Lipinski definition) is 2. The smallest absolute Gasteiger partial charge is 0.255 e. The lowest BCUT2D eigenvalue weighted by atomic mass is 10.1. The lowest BCUT2D eigenvalue weighted by molar-refractivity contribution is 0.102. The van der Waals surface area contributed by atoms with Crippen LogP contribution in [0, 0.1) is 0 Å². The number of carbonyl (C=O) groups excluding carboxylic acids is 1. The van der Waals surface area contributed by atoms with Crippen molar-refractivity contribution < 1.29 is 4.79 Å². The second-order valence-electron chi connectivity index (χ2n) is 10.6. The highest BCUT2D eigenvalue weighted by Crippen LogP contribution is 2.35. The summed E-state index contributed by atoms with van der Waals surface area (Å²) in [6.07, 6.45) is 3.77. The molecule has 0 unspecified atom stereocenters. The highest BCUT2D eigenvalue weighted by molar-refractivity contribution is 7.15. The topological polar surface area (TPSA) is 90.7 Å². The van der Waals surface area contributed by atoms with Crippen molar-refractivity contribution in [2.45, 2.75) is 6.92 Å². The first-order valence-electron chi connectivity index (χ1n) is 14.7. The van der Waals surface area contributed by atoms with E-state index in [-0.39, 0.29) is 5.91 Å². The summed E-state index contributed by atoms with van der Waals surface area (Å²) in [5.74, 6) is 0.350. The van der Waals surface area contributed by atoms with Gasteiger partial charge in [0.05, 0.1) is 11.4 Å². The molecule has 3 aromatic carbocycles. The number of nitrogens with zero attached hydrogens (tertiary/aromatic N) is 6. The lowest BCUT2D eigenvalue weighted by Crippen LogP contribution is -2.46. The fraction of sp³-hybridized carbons (Fsp3) is 0.176. The Labute approximate surface area is 259 Å². The second kappa shape index (κ2) is 12.3. The van der Waals surface area contributed by atoms with Gasteiger partial charge in [-0.1, -0.05) is 43.3 Å². The predicted molar refractivity (Wildman–Crippen MR) is 178 cm³/mol. The third-order valence-electron chi connectivity index (χ3n) is 7.88. The number of likely N-dealkylation sites (N-methyl/N-ethyl adjacent to an activating group) is 1. The Balaban J connectivity index is 1.17. The van der Waals surface area contributed by atoms with Crippen LogP contribution in [0.3, 0.4) is 0 Å². The minimum absolute atomic E-state index is 0.160. The van der Waals surface area contributed by atoms with Crippen LogP contribution in [0.1, 0.15) is 17.3 Å². The third-order valence-corrected chi connectivity index (χ3v) is 8.63. The van der Waals surface area contributed by atoms with Crippen molar-refractivity contribution in [1.29, 1.82) is 0 Å². The monoisotopic (exact) mass is 600 g/mol. The maximum absolute atomic E-state index is 12.8. The van der Waals surface area contributed by atoms with Gasteiger partial charge in [-0.25, -0.2) is 15.0 Å². The Morgan fingerprint density at radius 1 is 0.886 bits per heavy atom. The quantitative estimate of drug-likeness (QED) is 0.202. The summed E-state index contributed by atoms with van der Waals surface area (Å²) in [6, 6.07) is 27.3. The van der Waals surface area contributed by atoms with Gasteiger partial charge in [-0.05, 0) is 55.1 Å². The molecular weight excluding hydrogens is 568 g/mol. The van der Waals surface area contributed by atoms with E-state index in [1.165, 1.54) is 5.69 Å². The van der Waals surface area contributed by atoms with Crippen LogP contribution in [0.5, 0.6) is 0 Å². The number of aromatic nitrogens is 4. The number of rotatable bonds is 8. The fourth-order valence-corrected chi connectivity index (χ4v) is 6.27. The maximum atomic E-state index is 12.8. The van der Waals surface area contributed by atoms with E-state index in [4.69, 9.17) is 9.97 Å². The number of amides is 1. The maximum Gasteiger partial charge on any atom is 0.255 e. The predicted octanol–water partition coefficient (Wildman–Crippen LogP) is 6.66. The molecular formula is C34H32N8OS. The molecule has 0 atom stereocenters. The molecule has 9 nitrogen and oxygen atoms in total. The summed E-state index contributed by atoms with van der Waals surface area (Å²) in [6.45, 7) is 7.49. The van der Waals surface area contributed by atoms with Gasteiger partial charge >= 0.3 is 0 Å². The molecule has 3 aromatic heterocycles. The number of thiazole rings is 1. The molecule has 7 rings (SSSR count). The molecule has 1 saturated heterocycles. The van der Waals surface area contributed by atoms with Gasteiger partial charge in [0, 0.05) is 72.1 Å². The van der Waals surface area contributed by atoms with Gasteiger partial charge in [0.2, 0.25) is 5.95 Å². The van der Waals surface area contributed by atoms with Gasteiger partial charge in [0.25, 0.3) is 5.91 Å². The fourth-order valence-electron chi connectivity index (χ4n) is 5.55. The summed E-state index contributed by atoms with van der Waals surface area (Å²) in [4.78, 5) is 33.0. The molecule has 4 heterocycles. The summed E-state index contributed by atoms with van der Waals surface area (Å²) >= 11 is 1.56. The van der Waals surface area contributed by atoms with Crippen LogP contribution >= 0.6 is 11.3 Å². The largest absolute Gasteiger partial charge is 0.369 e. The molecule has 1 fully saturated rings. The first-order chi connectivity index (χ1) is 21.6. The van der Waals surface area contributed by atoms with E-state index in [0.29, 0.717) is 17.2 Å². The normalized spacial score (nSPS) is 13.7. The van der Waals surface area contributed by atoms with Gasteiger partial charge in [-0.2, -0.15) is 0 Å². The van der Waals surface area contributed by atoms with Crippen LogP contribution < -0.4 is 15.5 Å². The highest BCUT2D eigenvalue weighted by Gasteiger charge is 2.20. The molecule has 0 spiro atoms. The zero-order valence-electron chi connectivity index (χ0n) is 24.4. The molecule has 220 valence electrons. The molecule has 0 radical (unpaired) electrons. The molecule has 0 aliphatic carbocycles. The molecule has 1 aliphatic rings. The van der Waals surface area contributed by atoms with Gasteiger partial charge in [0.15, 0.2) is 4.96 Å². The van der Waals surface area contributed by atoms with Crippen LogP contribution in [0.15, 0.2) is 103 Å². The second-order valence-corrected chi connectivity index (χ2v) is 11.5. The van der Waals surface area contributed by atoms with Gasteiger partial charge in [0.1, 0.15) is 5.69 Å². The average Bonchev–Trinajstić information content (AvgIpc) is 3.68. The minimum Gasteiger partial charge on any atom is -0.369 e. The van der Waals surface area contributed by atoms with Crippen molar-refractivity contribution in [1.82, 2.24) is 24.3 Å². The number of benzene rings is 3. The number of carbonyl (C=O) groups is 1. The number of piperazine rings is 1. The van der Waals surface area contributed by atoms with E-state index in [1.54, 1.807) is 29.7 Å². The Kier molecular flexibility index (Phi) is 7.74. The van der Waals surface area contributed by atoms with E-state index < -0.39 is 0 Å². The number of hydrogen-bond acceptors (Lipinski definition) is 8. The van der Waals surface area contributed by atoms with Crippen LogP contribution in [0.25, 0.3) is 27.6 Å². The Hall–Kier alpha value is -5.06. The van der Waals surface area contributed by atoms with Crippen LogP contribution in [0.4, 0.5) is 23.0 Å². The number of anilines is 4. The summed E-state index contributed by atoms with van der Waals surface area (Å²) in [7, 11) is 0. The number of imidazole rings is 1. The van der Waals surface area contributed by atoms with Crippen LogP contribution in [0.2, 0.25) is 0 Å². The Bertz CT molecular complexity index is 1910. The SMILES string of the molecule is CCN1CCN(c2cccc(Nc3nccc(-c4c(-c5cccc(NC(=O)c6ccccc6)c5)nc5sccn45)n3)c2)CC1. The summed E-state index contributed by atoms with van der Waals surface area (Å²) in [5, 5.41) is 8.44. The molecule has 2 N–H and O–H groups in total. The molecule has 10 heteroatoms. The average molecular weight is 601 g/mol. The summed E-state index contributed by atoms with van der Waals surface area (Å²) < 4.78 is 2.05. The Morgan fingerprint density at radius 2 is 1.70 bits per heavy atom. The summed E-state index contributed by atoms with van der Waals surface area (Å²) in [5.41, 5.74) is 6.70. The van der Waals surface area contributed by atoms with E-state index in [0.717, 1.165) is 66.0 Å². The Morgan fingerprint density at radius 3 is 2.55 bits per heavy atom. The van der Waals surface area contributed by atoms with Gasteiger partial charge in [-0.3, -0.25) is 9.20 Å². The van der Waals surface area contributed by atoms with Gasteiger partial charge < -0.3 is 20.4 Å². The van der Waals surface area contributed by atoms with E-state index >= 15 is 0 Å². The first-order valence-corrected chi connectivity index (χ1v) is 15.6. The van der Waals surface area contributed by atoms with Crippen LogP contribution in [-0.4, -0.2) is 62.9 Å². The molecule has 0 bridgehead atoms. The number of nitrogens with one attached hydrogen (secondary N) is 2. The van der Waals surface area contributed by atoms with Crippen molar-refractivity contribution in [3.63, 3.8) is 0 Å². The van der Waals surface area contributed by atoms with Crippen molar-refractivity contribution in [2.75, 3.05) is 48.3 Å². The van der Waals surface area contributed by atoms with E-state index in [1.807, 2.05) is 66.2 Å². The molecule has 1 aliphatic heterocycles.